The lowest BCUT2D eigenvalue weighted by atomic mass is 9.81. The van der Waals surface area contributed by atoms with Gasteiger partial charge in [0.15, 0.2) is 0 Å². The van der Waals surface area contributed by atoms with E-state index < -0.39 is 23.1 Å². The Kier molecular flexibility index (Phi) is 4.56. The quantitative estimate of drug-likeness (QED) is 0.844. The number of hydrogen-bond donors (Lipinski definition) is 2. The standard InChI is InChI=1S/C15H18F2N2OS/c1-9-7-10(12(17)8-11(9)16)13(20)19-15(14(18)21)5-3-2-4-6-15/h7-8H,2-6H2,1H3,(H2,18,21)(H,19,20). The van der Waals surface area contributed by atoms with Gasteiger partial charge in [-0.1, -0.05) is 31.5 Å². The Labute approximate surface area is 127 Å². The first-order valence-electron chi connectivity index (χ1n) is 6.94. The van der Waals surface area contributed by atoms with Gasteiger partial charge in [0, 0.05) is 6.07 Å². The summed E-state index contributed by atoms with van der Waals surface area (Å²) in [6, 6.07) is 1.93. The number of benzene rings is 1. The van der Waals surface area contributed by atoms with Crippen LogP contribution in [-0.4, -0.2) is 16.4 Å². The molecule has 3 N–H and O–H groups in total. The third kappa shape index (κ3) is 3.20. The second kappa shape index (κ2) is 6.05. The van der Waals surface area contributed by atoms with Gasteiger partial charge in [-0.15, -0.1) is 0 Å². The highest BCUT2D eigenvalue weighted by Crippen LogP contribution is 2.29. The van der Waals surface area contributed by atoms with E-state index in [4.69, 9.17) is 18.0 Å². The first kappa shape index (κ1) is 15.8. The van der Waals surface area contributed by atoms with Gasteiger partial charge in [0.05, 0.1) is 16.1 Å². The fourth-order valence-corrected chi connectivity index (χ4v) is 2.96. The van der Waals surface area contributed by atoms with E-state index >= 15 is 0 Å². The molecule has 0 aromatic heterocycles. The molecule has 3 nitrogen and oxygen atoms in total. The minimum atomic E-state index is -0.885. The molecule has 0 atom stereocenters. The number of rotatable bonds is 3. The summed E-state index contributed by atoms with van der Waals surface area (Å²) in [7, 11) is 0. The Balaban J connectivity index is 2.28. The molecule has 0 heterocycles. The summed E-state index contributed by atoms with van der Waals surface area (Å²) in [5.41, 5.74) is 5.05. The Morgan fingerprint density at radius 3 is 2.43 bits per heavy atom. The van der Waals surface area contributed by atoms with E-state index in [1.165, 1.54) is 13.0 Å². The third-order valence-electron chi connectivity index (χ3n) is 4.02. The van der Waals surface area contributed by atoms with Crippen molar-refractivity contribution in [2.75, 3.05) is 0 Å². The predicted molar refractivity (Wildman–Crippen MR) is 81.2 cm³/mol. The Morgan fingerprint density at radius 2 is 1.86 bits per heavy atom. The van der Waals surface area contributed by atoms with E-state index in [1.54, 1.807) is 0 Å². The Hall–Kier alpha value is -1.56. The van der Waals surface area contributed by atoms with Crippen LogP contribution in [-0.2, 0) is 0 Å². The molecule has 0 saturated heterocycles. The van der Waals surface area contributed by atoms with Gasteiger partial charge in [-0.3, -0.25) is 4.79 Å². The molecule has 0 unspecified atom stereocenters. The highest BCUT2D eigenvalue weighted by molar-refractivity contribution is 7.80. The van der Waals surface area contributed by atoms with Gasteiger partial charge in [0.2, 0.25) is 0 Å². The monoisotopic (exact) mass is 312 g/mol. The largest absolute Gasteiger partial charge is 0.391 e. The molecule has 2 rings (SSSR count). The lowest BCUT2D eigenvalue weighted by Crippen LogP contribution is -2.57. The number of carbonyl (C=O) groups is 1. The summed E-state index contributed by atoms with van der Waals surface area (Å²) in [5.74, 6) is -2.17. The van der Waals surface area contributed by atoms with Crippen LogP contribution in [0.1, 0.15) is 48.0 Å². The molecule has 1 aromatic carbocycles. The van der Waals surface area contributed by atoms with Crippen molar-refractivity contribution in [3.8, 4) is 0 Å². The van der Waals surface area contributed by atoms with Crippen LogP contribution in [0.25, 0.3) is 0 Å². The molecule has 1 fully saturated rings. The molecule has 0 aliphatic heterocycles. The molecule has 1 aliphatic carbocycles. The molecule has 0 bridgehead atoms. The van der Waals surface area contributed by atoms with Crippen molar-refractivity contribution < 1.29 is 13.6 Å². The van der Waals surface area contributed by atoms with E-state index in [9.17, 15) is 13.6 Å². The maximum atomic E-state index is 13.8. The lowest BCUT2D eigenvalue weighted by molar-refractivity contribution is 0.0904. The topological polar surface area (TPSA) is 55.1 Å². The predicted octanol–water partition coefficient (Wildman–Crippen LogP) is 2.99. The molecular formula is C15H18F2N2OS. The van der Waals surface area contributed by atoms with Crippen molar-refractivity contribution in [3.63, 3.8) is 0 Å². The number of nitrogens with one attached hydrogen (secondary N) is 1. The van der Waals surface area contributed by atoms with Crippen LogP contribution in [0, 0.1) is 18.6 Å². The smallest absolute Gasteiger partial charge is 0.255 e. The molecule has 0 radical (unpaired) electrons. The van der Waals surface area contributed by atoms with Gasteiger partial charge in [-0.2, -0.15) is 0 Å². The summed E-state index contributed by atoms with van der Waals surface area (Å²) < 4.78 is 27.1. The summed E-state index contributed by atoms with van der Waals surface area (Å²) in [5, 5.41) is 2.77. The van der Waals surface area contributed by atoms with Crippen LogP contribution in [0.3, 0.4) is 0 Å². The van der Waals surface area contributed by atoms with Gasteiger partial charge < -0.3 is 11.1 Å². The van der Waals surface area contributed by atoms with E-state index in [-0.39, 0.29) is 16.1 Å². The van der Waals surface area contributed by atoms with Crippen molar-refractivity contribution in [1.29, 1.82) is 0 Å². The van der Waals surface area contributed by atoms with Gasteiger partial charge in [-0.05, 0) is 31.4 Å². The van der Waals surface area contributed by atoms with Crippen LogP contribution in [0.15, 0.2) is 12.1 Å². The van der Waals surface area contributed by atoms with Crippen molar-refractivity contribution in [2.45, 2.75) is 44.6 Å². The maximum Gasteiger partial charge on any atom is 0.255 e. The number of halogens is 2. The summed E-state index contributed by atoms with van der Waals surface area (Å²) >= 11 is 5.08. The number of amides is 1. The zero-order valence-corrected chi connectivity index (χ0v) is 12.7. The van der Waals surface area contributed by atoms with Crippen LogP contribution in [0.2, 0.25) is 0 Å². The minimum absolute atomic E-state index is 0.185. The molecule has 21 heavy (non-hydrogen) atoms. The van der Waals surface area contributed by atoms with Gasteiger partial charge in [0.1, 0.15) is 11.6 Å². The second-order valence-corrected chi connectivity index (χ2v) is 5.98. The average Bonchev–Trinajstić information content (AvgIpc) is 2.43. The third-order valence-corrected chi connectivity index (χ3v) is 4.42. The Morgan fingerprint density at radius 1 is 1.24 bits per heavy atom. The summed E-state index contributed by atoms with van der Waals surface area (Å²) in [6.45, 7) is 1.48. The summed E-state index contributed by atoms with van der Waals surface area (Å²) in [6.07, 6.45) is 4.17. The zero-order valence-electron chi connectivity index (χ0n) is 11.8. The molecular weight excluding hydrogens is 294 g/mol. The molecule has 0 spiro atoms. The summed E-state index contributed by atoms with van der Waals surface area (Å²) in [4.78, 5) is 12.5. The second-order valence-electron chi connectivity index (χ2n) is 5.54. The number of thiocarbonyl (C=S) groups is 1. The van der Waals surface area contributed by atoms with E-state index in [1.807, 2.05) is 0 Å². The van der Waals surface area contributed by atoms with Crippen LogP contribution >= 0.6 is 12.2 Å². The van der Waals surface area contributed by atoms with Crippen LogP contribution < -0.4 is 11.1 Å². The average molecular weight is 312 g/mol. The lowest BCUT2D eigenvalue weighted by Gasteiger charge is -2.37. The SMILES string of the molecule is Cc1cc(C(=O)NC2(C(N)=S)CCCCC2)c(F)cc1F. The first-order valence-corrected chi connectivity index (χ1v) is 7.34. The maximum absolute atomic E-state index is 13.8. The van der Waals surface area contributed by atoms with E-state index in [0.29, 0.717) is 12.8 Å². The normalized spacial score (nSPS) is 17.3. The van der Waals surface area contributed by atoms with E-state index in [0.717, 1.165) is 25.3 Å². The number of carbonyl (C=O) groups excluding carboxylic acids is 1. The molecule has 6 heteroatoms. The van der Waals surface area contributed by atoms with Gasteiger partial charge in [-0.25, -0.2) is 8.78 Å². The molecule has 1 aromatic rings. The van der Waals surface area contributed by atoms with Gasteiger partial charge >= 0.3 is 0 Å². The fourth-order valence-electron chi connectivity index (χ4n) is 2.70. The number of nitrogens with two attached hydrogens (primary N) is 1. The van der Waals surface area contributed by atoms with Crippen molar-refractivity contribution in [3.05, 3.63) is 34.9 Å². The van der Waals surface area contributed by atoms with Gasteiger partial charge in [0.25, 0.3) is 5.91 Å². The molecule has 1 amide bonds. The fraction of sp³-hybridized carbons (Fsp3) is 0.467. The minimum Gasteiger partial charge on any atom is -0.391 e. The van der Waals surface area contributed by atoms with E-state index in [2.05, 4.69) is 5.32 Å². The molecule has 1 aliphatic rings. The Bertz CT molecular complexity index is 583. The van der Waals surface area contributed by atoms with Crippen LogP contribution in [0.4, 0.5) is 8.78 Å². The highest BCUT2D eigenvalue weighted by atomic mass is 32.1. The zero-order chi connectivity index (χ0) is 15.6. The molecule has 1 saturated carbocycles. The highest BCUT2D eigenvalue weighted by Gasteiger charge is 2.37. The molecule has 114 valence electrons. The number of hydrogen-bond acceptors (Lipinski definition) is 2. The van der Waals surface area contributed by atoms with Crippen molar-refractivity contribution in [2.24, 2.45) is 5.73 Å². The first-order chi connectivity index (χ1) is 9.85. The van der Waals surface area contributed by atoms with Crippen molar-refractivity contribution >= 4 is 23.1 Å². The van der Waals surface area contributed by atoms with Crippen LogP contribution in [0.5, 0.6) is 0 Å². The number of aryl methyl sites for hydroxylation is 1. The van der Waals surface area contributed by atoms with Crippen molar-refractivity contribution in [1.82, 2.24) is 5.32 Å².